The van der Waals surface area contributed by atoms with Gasteiger partial charge in [0.25, 0.3) is 0 Å². The van der Waals surface area contributed by atoms with Crippen LogP contribution >= 0.6 is 0 Å². The molecular weight excluding hydrogens is 127 g/mol. The highest BCUT2D eigenvalue weighted by molar-refractivity contribution is 6.23. The van der Waals surface area contributed by atoms with Gasteiger partial charge in [-0.3, -0.25) is 0 Å². The van der Waals surface area contributed by atoms with Crippen LogP contribution in [0.4, 0.5) is 0 Å². The van der Waals surface area contributed by atoms with E-state index in [1.54, 1.807) is 7.11 Å². The number of hydrogen-bond acceptors (Lipinski definition) is 3. The average molecular weight is 142 g/mol. The van der Waals surface area contributed by atoms with Crippen LogP contribution < -0.4 is 5.73 Å². The lowest BCUT2D eigenvalue weighted by Crippen LogP contribution is -2.41. The Labute approximate surface area is 62.8 Å². The summed E-state index contributed by atoms with van der Waals surface area (Å²) in [7, 11) is 2.49. The molecule has 0 spiro atoms. The minimum atomic E-state index is 0.424. The highest BCUT2D eigenvalue weighted by Gasteiger charge is 2.15. The molecule has 0 unspecified atom stereocenters. The first-order valence-corrected chi connectivity index (χ1v) is 3.80. The fourth-order valence-corrected chi connectivity index (χ4v) is 1.26. The Kier molecular flexibility index (Phi) is 3.18. The zero-order valence-electron chi connectivity index (χ0n) is 6.55. The highest BCUT2D eigenvalue weighted by Crippen LogP contribution is 2.05. The van der Waals surface area contributed by atoms with Crippen LogP contribution in [0.1, 0.15) is 12.8 Å². The molecule has 0 atom stereocenters. The molecule has 3 nitrogen and oxygen atoms in total. The first-order valence-electron chi connectivity index (χ1n) is 3.80. The van der Waals surface area contributed by atoms with Gasteiger partial charge in [0.05, 0.1) is 0 Å². The van der Waals surface area contributed by atoms with Crippen LogP contribution in [0.5, 0.6) is 0 Å². The van der Waals surface area contributed by atoms with Crippen LogP contribution in [0, 0.1) is 0 Å². The molecule has 2 N–H and O–H groups in total. The molecule has 58 valence electrons. The summed E-state index contributed by atoms with van der Waals surface area (Å²) in [6.45, 7) is 2.18. The molecule has 0 aromatic carbocycles. The molecule has 4 heteroatoms. The summed E-state index contributed by atoms with van der Waals surface area (Å²) in [4.78, 5) is 2.28. The molecule has 1 aliphatic rings. The van der Waals surface area contributed by atoms with E-state index in [-0.39, 0.29) is 0 Å². The van der Waals surface area contributed by atoms with Crippen molar-refractivity contribution >= 4 is 7.62 Å². The van der Waals surface area contributed by atoms with Gasteiger partial charge in [-0.05, 0) is 25.9 Å². The average Bonchev–Trinajstić information content (AvgIpc) is 1.95. The van der Waals surface area contributed by atoms with Gasteiger partial charge in [0.15, 0.2) is 0 Å². The van der Waals surface area contributed by atoms with E-state index in [1.165, 1.54) is 0 Å². The van der Waals surface area contributed by atoms with Gasteiger partial charge in [-0.15, -0.1) is 0 Å². The van der Waals surface area contributed by atoms with Gasteiger partial charge >= 0.3 is 7.62 Å². The normalized spacial score (nSPS) is 23.0. The molecule has 1 rings (SSSR count). The van der Waals surface area contributed by atoms with E-state index in [0.29, 0.717) is 6.04 Å². The summed E-state index contributed by atoms with van der Waals surface area (Å²) < 4.78 is 5.00. The maximum Gasteiger partial charge on any atom is 0.363 e. The summed E-state index contributed by atoms with van der Waals surface area (Å²) >= 11 is 0. The van der Waals surface area contributed by atoms with E-state index in [1.807, 2.05) is 0 Å². The summed E-state index contributed by atoms with van der Waals surface area (Å²) in [5, 5.41) is 0. The first-order chi connectivity index (χ1) is 4.83. The number of piperidine rings is 1. The summed E-state index contributed by atoms with van der Waals surface area (Å²) in [6.07, 6.45) is 2.23. The van der Waals surface area contributed by atoms with Crippen LogP contribution in [-0.2, 0) is 4.65 Å². The van der Waals surface area contributed by atoms with Crippen molar-refractivity contribution in [3.05, 3.63) is 0 Å². The maximum atomic E-state index is 5.73. The summed E-state index contributed by atoms with van der Waals surface area (Å²) in [6, 6.07) is 0.424. The fourth-order valence-electron chi connectivity index (χ4n) is 1.26. The Bertz CT molecular complexity index is 93.7. The number of rotatable bonds is 2. The van der Waals surface area contributed by atoms with Gasteiger partial charge in [-0.2, -0.15) is 0 Å². The van der Waals surface area contributed by atoms with E-state index in [2.05, 4.69) is 4.81 Å². The SMILES string of the molecule is COBN1CCC(N)CC1. The van der Waals surface area contributed by atoms with Crippen molar-refractivity contribution in [3.8, 4) is 0 Å². The van der Waals surface area contributed by atoms with Gasteiger partial charge in [-0.1, -0.05) is 0 Å². The number of hydrogen-bond donors (Lipinski definition) is 1. The zero-order chi connectivity index (χ0) is 7.40. The quantitative estimate of drug-likeness (QED) is 0.519. The standard InChI is InChI=1S/C6H15BN2O/c1-10-7-9-4-2-6(8)3-5-9/h6-7H,2-5,8H2,1H3. The smallest absolute Gasteiger partial charge is 0.363 e. The van der Waals surface area contributed by atoms with E-state index < -0.39 is 0 Å². The summed E-state index contributed by atoms with van der Waals surface area (Å²) in [5.41, 5.74) is 5.73. The van der Waals surface area contributed by atoms with Crippen LogP contribution in [0.15, 0.2) is 0 Å². The van der Waals surface area contributed by atoms with Crippen LogP contribution in [0.2, 0.25) is 0 Å². The predicted octanol–water partition coefficient (Wildman–Crippen LogP) is -0.678. The lowest BCUT2D eigenvalue weighted by Gasteiger charge is -2.28. The molecule has 0 saturated carbocycles. The van der Waals surface area contributed by atoms with Crippen molar-refractivity contribution in [2.24, 2.45) is 5.73 Å². The third kappa shape index (κ3) is 2.29. The summed E-state index contributed by atoms with van der Waals surface area (Å²) in [5.74, 6) is 0. The lowest BCUT2D eigenvalue weighted by atomic mass is 10.0. The second-order valence-corrected chi connectivity index (χ2v) is 2.87. The largest absolute Gasteiger partial charge is 0.427 e. The predicted molar refractivity (Wildman–Crippen MR) is 42.9 cm³/mol. The van der Waals surface area contributed by atoms with Gasteiger partial charge in [0.1, 0.15) is 0 Å². The second-order valence-electron chi connectivity index (χ2n) is 2.87. The number of nitrogens with two attached hydrogens (primary N) is 1. The monoisotopic (exact) mass is 142 g/mol. The Morgan fingerprint density at radius 2 is 2.10 bits per heavy atom. The Balaban J connectivity index is 2.13. The third-order valence-corrected chi connectivity index (χ3v) is 1.94. The Morgan fingerprint density at radius 1 is 1.50 bits per heavy atom. The highest BCUT2D eigenvalue weighted by atomic mass is 16.4. The molecule has 0 bridgehead atoms. The van der Waals surface area contributed by atoms with Gasteiger partial charge in [-0.25, -0.2) is 0 Å². The molecular formula is C6H15BN2O. The maximum absolute atomic E-state index is 5.73. The molecule has 0 radical (unpaired) electrons. The van der Waals surface area contributed by atoms with Crippen molar-refractivity contribution in [2.45, 2.75) is 18.9 Å². The van der Waals surface area contributed by atoms with Crippen molar-refractivity contribution in [1.82, 2.24) is 4.81 Å². The van der Waals surface area contributed by atoms with Crippen LogP contribution in [0.25, 0.3) is 0 Å². The Morgan fingerprint density at radius 3 is 2.60 bits per heavy atom. The topological polar surface area (TPSA) is 38.5 Å². The molecule has 0 aromatic heterocycles. The minimum absolute atomic E-state index is 0.424. The van der Waals surface area contributed by atoms with E-state index in [0.717, 1.165) is 33.5 Å². The molecule has 1 aliphatic heterocycles. The van der Waals surface area contributed by atoms with Crippen molar-refractivity contribution in [3.63, 3.8) is 0 Å². The van der Waals surface area contributed by atoms with Crippen LogP contribution in [-0.4, -0.2) is 38.7 Å². The van der Waals surface area contributed by atoms with Gasteiger partial charge in [0.2, 0.25) is 0 Å². The van der Waals surface area contributed by atoms with Crippen LogP contribution in [0.3, 0.4) is 0 Å². The molecule has 0 amide bonds. The molecule has 0 aromatic rings. The molecule has 1 fully saturated rings. The van der Waals surface area contributed by atoms with Crippen molar-refractivity contribution < 1.29 is 4.65 Å². The lowest BCUT2D eigenvalue weighted by molar-refractivity contribution is 0.281. The van der Waals surface area contributed by atoms with Crippen molar-refractivity contribution in [2.75, 3.05) is 20.2 Å². The molecule has 10 heavy (non-hydrogen) atoms. The first kappa shape index (κ1) is 8.05. The van der Waals surface area contributed by atoms with E-state index in [4.69, 9.17) is 10.4 Å². The molecule has 1 heterocycles. The Hall–Kier alpha value is -0.0551. The van der Waals surface area contributed by atoms with E-state index >= 15 is 0 Å². The molecule has 1 saturated heterocycles. The van der Waals surface area contributed by atoms with E-state index in [9.17, 15) is 0 Å². The third-order valence-electron chi connectivity index (χ3n) is 1.94. The zero-order valence-corrected chi connectivity index (χ0v) is 6.55. The minimum Gasteiger partial charge on any atom is -0.427 e. The number of nitrogens with zero attached hydrogens (tertiary/aromatic N) is 1. The molecule has 0 aliphatic carbocycles. The van der Waals surface area contributed by atoms with Gasteiger partial charge in [0, 0.05) is 13.2 Å². The fraction of sp³-hybridized carbons (Fsp3) is 1.00. The second kappa shape index (κ2) is 3.96. The van der Waals surface area contributed by atoms with Crippen molar-refractivity contribution in [1.29, 1.82) is 0 Å². The van der Waals surface area contributed by atoms with Gasteiger partial charge < -0.3 is 15.2 Å².